The molecule has 22 heavy (non-hydrogen) atoms. The molecule has 0 N–H and O–H groups in total. The highest BCUT2D eigenvalue weighted by Gasteiger charge is 2.39. The van der Waals surface area contributed by atoms with Gasteiger partial charge in [-0.1, -0.05) is 6.07 Å². The molecule has 116 valence electrons. The van der Waals surface area contributed by atoms with Gasteiger partial charge < -0.3 is 0 Å². The Morgan fingerprint density at radius 3 is 2.27 bits per heavy atom. The predicted molar refractivity (Wildman–Crippen MR) is 88.6 cm³/mol. The summed E-state index contributed by atoms with van der Waals surface area (Å²) in [5.41, 5.74) is 2.44. The fourth-order valence-electron chi connectivity index (χ4n) is 3.88. The monoisotopic (exact) mass is 314 g/mol. The van der Waals surface area contributed by atoms with Gasteiger partial charge in [-0.2, -0.15) is 0 Å². The SMILES string of the molecule is Cc1nc(CN2C[C@H]3CN(Cc4ccccn4)C[C@@H]3C2)cs1. The smallest absolute Gasteiger partial charge is 0.0897 e. The lowest BCUT2D eigenvalue weighted by Crippen LogP contribution is -2.28. The average Bonchev–Trinajstić information content (AvgIpc) is 3.16. The zero-order chi connectivity index (χ0) is 14.9. The summed E-state index contributed by atoms with van der Waals surface area (Å²) < 4.78 is 0. The van der Waals surface area contributed by atoms with Crippen molar-refractivity contribution in [2.75, 3.05) is 26.2 Å². The molecule has 2 aliphatic rings. The molecule has 0 aliphatic carbocycles. The van der Waals surface area contributed by atoms with E-state index in [9.17, 15) is 0 Å². The Labute approximate surface area is 135 Å². The second kappa shape index (κ2) is 6.07. The normalized spacial score (nSPS) is 25.7. The van der Waals surface area contributed by atoms with E-state index in [-0.39, 0.29) is 0 Å². The standard InChI is InChI=1S/C17H22N4S/c1-13-19-17(12-22-13)11-21-8-14-6-20(7-15(14)9-21)10-16-4-2-3-5-18-16/h2-5,12,14-15H,6-11H2,1H3/t14-,15-/m1/s1. The van der Waals surface area contributed by atoms with Crippen LogP contribution in [0.15, 0.2) is 29.8 Å². The van der Waals surface area contributed by atoms with Crippen molar-refractivity contribution < 1.29 is 0 Å². The third-order valence-corrected chi connectivity index (χ3v) is 5.62. The van der Waals surface area contributed by atoms with Crippen LogP contribution in [-0.4, -0.2) is 45.9 Å². The van der Waals surface area contributed by atoms with E-state index < -0.39 is 0 Å². The molecule has 2 saturated heterocycles. The average molecular weight is 314 g/mol. The van der Waals surface area contributed by atoms with Crippen molar-refractivity contribution in [3.05, 3.63) is 46.2 Å². The van der Waals surface area contributed by atoms with Gasteiger partial charge in [-0.05, 0) is 30.9 Å². The van der Waals surface area contributed by atoms with Crippen molar-refractivity contribution in [1.82, 2.24) is 19.8 Å². The van der Waals surface area contributed by atoms with E-state index in [4.69, 9.17) is 0 Å². The van der Waals surface area contributed by atoms with E-state index in [1.54, 1.807) is 11.3 Å². The molecule has 2 aliphatic heterocycles. The van der Waals surface area contributed by atoms with E-state index in [2.05, 4.69) is 44.2 Å². The van der Waals surface area contributed by atoms with Gasteiger partial charge in [0.05, 0.1) is 16.4 Å². The van der Waals surface area contributed by atoms with Crippen LogP contribution in [0.25, 0.3) is 0 Å². The number of pyridine rings is 1. The summed E-state index contributed by atoms with van der Waals surface area (Å²) in [5, 5.41) is 3.38. The highest BCUT2D eigenvalue weighted by atomic mass is 32.1. The largest absolute Gasteiger partial charge is 0.297 e. The summed E-state index contributed by atoms with van der Waals surface area (Å²) in [6.07, 6.45) is 1.89. The van der Waals surface area contributed by atoms with E-state index in [1.807, 2.05) is 12.3 Å². The Hall–Kier alpha value is -1.30. The fraction of sp³-hybridized carbons (Fsp3) is 0.529. The summed E-state index contributed by atoms with van der Waals surface area (Å²) in [4.78, 5) is 14.2. The zero-order valence-corrected chi connectivity index (χ0v) is 13.8. The first-order chi connectivity index (χ1) is 10.8. The molecule has 4 nitrogen and oxygen atoms in total. The summed E-state index contributed by atoms with van der Waals surface area (Å²) in [6, 6.07) is 6.20. The minimum Gasteiger partial charge on any atom is -0.297 e. The number of hydrogen-bond acceptors (Lipinski definition) is 5. The van der Waals surface area contributed by atoms with Gasteiger partial charge in [0.25, 0.3) is 0 Å². The van der Waals surface area contributed by atoms with E-state index in [1.165, 1.54) is 42.6 Å². The molecule has 4 rings (SSSR count). The van der Waals surface area contributed by atoms with Crippen molar-refractivity contribution in [2.24, 2.45) is 11.8 Å². The maximum absolute atomic E-state index is 4.60. The quantitative estimate of drug-likeness (QED) is 0.867. The minimum absolute atomic E-state index is 0.823. The molecule has 0 aromatic carbocycles. The Kier molecular flexibility index (Phi) is 3.94. The maximum Gasteiger partial charge on any atom is 0.0897 e. The Balaban J connectivity index is 1.31. The van der Waals surface area contributed by atoms with Crippen molar-refractivity contribution in [2.45, 2.75) is 20.0 Å². The maximum atomic E-state index is 4.60. The van der Waals surface area contributed by atoms with Crippen LogP contribution in [-0.2, 0) is 13.1 Å². The third kappa shape index (κ3) is 3.07. The summed E-state index contributed by atoms with van der Waals surface area (Å²) in [7, 11) is 0. The second-order valence-electron chi connectivity index (χ2n) is 6.59. The molecule has 0 saturated carbocycles. The number of fused-ring (bicyclic) bond motifs is 1. The van der Waals surface area contributed by atoms with Crippen LogP contribution < -0.4 is 0 Å². The van der Waals surface area contributed by atoms with Gasteiger partial charge in [0, 0.05) is 50.8 Å². The topological polar surface area (TPSA) is 32.3 Å². The van der Waals surface area contributed by atoms with Gasteiger partial charge >= 0.3 is 0 Å². The molecule has 2 atom stereocenters. The molecule has 4 heterocycles. The number of aromatic nitrogens is 2. The molecule has 5 heteroatoms. The molecule has 0 amide bonds. The van der Waals surface area contributed by atoms with Crippen LogP contribution in [0.1, 0.15) is 16.4 Å². The lowest BCUT2D eigenvalue weighted by Gasteiger charge is -2.20. The number of hydrogen-bond donors (Lipinski definition) is 0. The van der Waals surface area contributed by atoms with Crippen LogP contribution in [0, 0.1) is 18.8 Å². The van der Waals surface area contributed by atoms with E-state index in [0.29, 0.717) is 0 Å². The minimum atomic E-state index is 0.823. The Morgan fingerprint density at radius 1 is 1.05 bits per heavy atom. The van der Waals surface area contributed by atoms with Gasteiger partial charge in [0.1, 0.15) is 0 Å². The molecule has 0 bridgehead atoms. The number of likely N-dealkylation sites (tertiary alicyclic amines) is 2. The molecule has 0 radical (unpaired) electrons. The number of aryl methyl sites for hydroxylation is 1. The number of nitrogens with zero attached hydrogens (tertiary/aromatic N) is 4. The van der Waals surface area contributed by atoms with Crippen molar-refractivity contribution in [3.8, 4) is 0 Å². The summed E-state index contributed by atoms with van der Waals surface area (Å²) >= 11 is 1.76. The first kappa shape index (κ1) is 14.3. The summed E-state index contributed by atoms with van der Waals surface area (Å²) in [6.45, 7) is 8.99. The van der Waals surface area contributed by atoms with Crippen LogP contribution in [0.5, 0.6) is 0 Å². The lowest BCUT2D eigenvalue weighted by atomic mass is 10.0. The van der Waals surface area contributed by atoms with Gasteiger partial charge in [0.15, 0.2) is 0 Å². The molecule has 0 spiro atoms. The molecular weight excluding hydrogens is 292 g/mol. The van der Waals surface area contributed by atoms with Crippen LogP contribution in [0.4, 0.5) is 0 Å². The summed E-state index contributed by atoms with van der Waals surface area (Å²) in [5.74, 6) is 1.65. The predicted octanol–water partition coefficient (Wildman–Crippen LogP) is 2.41. The van der Waals surface area contributed by atoms with Crippen LogP contribution >= 0.6 is 11.3 Å². The van der Waals surface area contributed by atoms with Gasteiger partial charge in [-0.15, -0.1) is 11.3 Å². The molecule has 2 aromatic rings. The zero-order valence-electron chi connectivity index (χ0n) is 13.0. The Morgan fingerprint density at radius 2 is 1.73 bits per heavy atom. The van der Waals surface area contributed by atoms with Crippen molar-refractivity contribution >= 4 is 11.3 Å². The molecular formula is C17H22N4S. The van der Waals surface area contributed by atoms with Gasteiger partial charge in [-0.25, -0.2) is 4.98 Å². The number of thiazole rings is 1. The van der Waals surface area contributed by atoms with E-state index in [0.717, 1.165) is 24.9 Å². The first-order valence-corrected chi connectivity index (χ1v) is 8.90. The van der Waals surface area contributed by atoms with Crippen LogP contribution in [0.3, 0.4) is 0 Å². The molecule has 2 fully saturated rings. The molecule has 2 aromatic heterocycles. The van der Waals surface area contributed by atoms with E-state index >= 15 is 0 Å². The lowest BCUT2D eigenvalue weighted by molar-refractivity contribution is 0.243. The number of rotatable bonds is 4. The van der Waals surface area contributed by atoms with Gasteiger partial charge in [-0.3, -0.25) is 14.8 Å². The highest BCUT2D eigenvalue weighted by molar-refractivity contribution is 7.09. The highest BCUT2D eigenvalue weighted by Crippen LogP contribution is 2.32. The van der Waals surface area contributed by atoms with Gasteiger partial charge in [0.2, 0.25) is 0 Å². The van der Waals surface area contributed by atoms with Crippen LogP contribution in [0.2, 0.25) is 0 Å². The third-order valence-electron chi connectivity index (χ3n) is 4.80. The Bertz CT molecular complexity index is 613. The molecule has 0 unspecified atom stereocenters. The second-order valence-corrected chi connectivity index (χ2v) is 7.65. The fourth-order valence-corrected chi connectivity index (χ4v) is 4.48. The van der Waals surface area contributed by atoms with Crippen molar-refractivity contribution in [3.63, 3.8) is 0 Å². The van der Waals surface area contributed by atoms with Crippen molar-refractivity contribution in [1.29, 1.82) is 0 Å². The first-order valence-electron chi connectivity index (χ1n) is 8.02.